The Hall–Kier alpha value is -1.69. The van der Waals surface area contributed by atoms with E-state index in [1.807, 2.05) is 0 Å². The summed E-state index contributed by atoms with van der Waals surface area (Å²) in [6.45, 7) is 5.01. The van der Waals surface area contributed by atoms with E-state index in [9.17, 15) is 19.0 Å². The lowest BCUT2D eigenvalue weighted by molar-refractivity contribution is -0.200. The molecule has 0 aliphatic heterocycles. The number of hydrogen-bond donors (Lipinski definition) is 0. The van der Waals surface area contributed by atoms with Crippen molar-refractivity contribution in [3.63, 3.8) is 0 Å². The summed E-state index contributed by atoms with van der Waals surface area (Å²) in [7, 11) is -3.20. The van der Waals surface area contributed by atoms with Gasteiger partial charge < -0.3 is 23.5 Å². The van der Waals surface area contributed by atoms with Crippen LogP contribution in [-0.4, -0.2) is 25.2 Å². The van der Waals surface area contributed by atoms with Crippen molar-refractivity contribution >= 4 is 19.5 Å². The second-order valence-corrected chi connectivity index (χ2v) is 7.70. The van der Waals surface area contributed by atoms with E-state index < -0.39 is 25.1 Å². The fourth-order valence-corrected chi connectivity index (χ4v) is 2.24. The van der Waals surface area contributed by atoms with Gasteiger partial charge >= 0.3 is 11.9 Å². The Morgan fingerprint density at radius 2 is 1.74 bits per heavy atom. The average Bonchev–Trinajstić information content (AvgIpc) is 2.45. The van der Waals surface area contributed by atoms with Gasteiger partial charge in [0.2, 0.25) is 0 Å². The summed E-state index contributed by atoms with van der Waals surface area (Å²) in [4.78, 5) is 34.2. The van der Waals surface area contributed by atoms with Gasteiger partial charge in [-0.25, -0.2) is 0 Å². The third kappa shape index (κ3) is 6.95. The maximum atomic E-state index is 11.7. The van der Waals surface area contributed by atoms with Crippen LogP contribution in [0, 0.1) is 5.41 Å². The highest BCUT2D eigenvalue weighted by Gasteiger charge is 2.23. The predicted molar refractivity (Wildman–Crippen MR) is 80.8 cm³/mol. The molecule has 128 valence electrons. The molecule has 0 aliphatic carbocycles. The van der Waals surface area contributed by atoms with Gasteiger partial charge in [0.1, 0.15) is 19.5 Å². The first kappa shape index (κ1) is 19.4. The molecule has 0 saturated carbocycles. The van der Waals surface area contributed by atoms with Gasteiger partial charge in [-0.05, 0) is 38.5 Å². The van der Waals surface area contributed by atoms with Crippen LogP contribution >= 0.6 is 7.60 Å². The molecule has 0 saturated heterocycles. The van der Waals surface area contributed by atoms with Crippen LogP contribution in [0.4, 0.5) is 0 Å². The largest absolute Gasteiger partial charge is 0.778 e. The molecule has 0 amide bonds. The molecule has 0 N–H and O–H groups in total. The van der Waals surface area contributed by atoms with Crippen molar-refractivity contribution in [1.29, 1.82) is 0 Å². The van der Waals surface area contributed by atoms with Gasteiger partial charge in [0.25, 0.3) is 0 Å². The molecule has 8 heteroatoms. The molecule has 23 heavy (non-hydrogen) atoms. The summed E-state index contributed by atoms with van der Waals surface area (Å²) in [5.41, 5.74) is -0.0632. The molecule has 1 aromatic carbocycles. The van der Waals surface area contributed by atoms with Crippen LogP contribution in [0.25, 0.3) is 0 Å². The monoisotopic (exact) mass is 343 g/mol. The quantitative estimate of drug-likeness (QED) is 0.441. The highest BCUT2D eigenvalue weighted by molar-refractivity contribution is 7.52. The van der Waals surface area contributed by atoms with Crippen LogP contribution in [0.15, 0.2) is 24.3 Å². The average molecular weight is 343 g/mol. The van der Waals surface area contributed by atoms with Crippen molar-refractivity contribution in [3.05, 3.63) is 29.8 Å². The molecule has 1 rings (SSSR count). The fourth-order valence-electron chi connectivity index (χ4n) is 1.36. The zero-order valence-electron chi connectivity index (χ0n) is 13.5. The zero-order chi connectivity index (χ0) is 17.7. The number of carbonyl (C=O) groups excluding carboxylic acids is 2. The molecular weight excluding hydrogens is 323 g/mol. The summed E-state index contributed by atoms with van der Waals surface area (Å²) in [5.74, 6) is -0.898. The van der Waals surface area contributed by atoms with Crippen molar-refractivity contribution in [2.45, 2.75) is 27.4 Å². The molecule has 1 atom stereocenters. The Morgan fingerprint density at radius 3 is 2.22 bits per heavy atom. The summed E-state index contributed by atoms with van der Waals surface area (Å²) in [6.07, 6.45) is -0.815. The van der Waals surface area contributed by atoms with E-state index in [-0.39, 0.29) is 12.6 Å². The molecule has 0 bridgehead atoms. The van der Waals surface area contributed by atoms with E-state index in [2.05, 4.69) is 4.74 Å². The lowest BCUT2D eigenvalue weighted by Crippen LogP contribution is -2.25. The number of carbonyl (C=O) groups is 2. The Morgan fingerprint density at radius 1 is 1.17 bits per heavy atom. The Balaban J connectivity index is 2.59. The normalized spacial score (nSPS) is 14.0. The van der Waals surface area contributed by atoms with Gasteiger partial charge in [0.05, 0.1) is 19.1 Å². The van der Waals surface area contributed by atoms with E-state index in [1.165, 1.54) is 0 Å². The first-order valence-corrected chi connectivity index (χ1v) is 8.59. The van der Waals surface area contributed by atoms with E-state index in [0.717, 1.165) is 7.11 Å². The SMILES string of the molecule is COC(=O)CP(=O)([O-])OCc1ccc(OC(=O)C(C)(C)C)cc1. The number of hydrogen-bond acceptors (Lipinski definition) is 7. The number of rotatable bonds is 6. The topological polar surface area (TPSA) is 102 Å². The fraction of sp³-hybridized carbons (Fsp3) is 0.467. The van der Waals surface area contributed by atoms with Gasteiger partial charge in [-0.1, -0.05) is 12.1 Å². The highest BCUT2D eigenvalue weighted by atomic mass is 31.2. The molecule has 0 heterocycles. The standard InChI is InChI=1S/C15H21O7P/c1-15(2,3)14(17)22-12-7-5-11(6-8-12)9-21-23(18,19)10-13(16)20-4/h5-8H,9-10H2,1-4H3,(H,18,19)/p-1. The van der Waals surface area contributed by atoms with Crippen molar-refractivity contribution in [2.24, 2.45) is 5.41 Å². The van der Waals surface area contributed by atoms with Crippen LogP contribution in [-0.2, 0) is 30.0 Å². The van der Waals surface area contributed by atoms with Gasteiger partial charge in [0.15, 0.2) is 0 Å². The minimum absolute atomic E-state index is 0.217. The molecule has 0 radical (unpaired) electrons. The van der Waals surface area contributed by atoms with Gasteiger partial charge in [-0.2, -0.15) is 0 Å². The van der Waals surface area contributed by atoms with E-state index in [1.54, 1.807) is 45.0 Å². The smallest absolute Gasteiger partial charge is 0.316 e. The van der Waals surface area contributed by atoms with Crippen LogP contribution in [0.1, 0.15) is 26.3 Å². The van der Waals surface area contributed by atoms with Crippen molar-refractivity contribution in [2.75, 3.05) is 13.3 Å². The third-order valence-corrected chi connectivity index (χ3v) is 3.89. The van der Waals surface area contributed by atoms with Crippen LogP contribution < -0.4 is 9.63 Å². The van der Waals surface area contributed by atoms with E-state index in [4.69, 9.17) is 9.26 Å². The summed E-state index contributed by atoms with van der Waals surface area (Å²) < 4.78 is 25.8. The lowest BCUT2D eigenvalue weighted by atomic mass is 9.97. The third-order valence-electron chi connectivity index (χ3n) is 2.72. The molecule has 0 aromatic heterocycles. The maximum absolute atomic E-state index is 11.7. The van der Waals surface area contributed by atoms with E-state index in [0.29, 0.717) is 11.3 Å². The number of benzene rings is 1. The summed E-state index contributed by atoms with van der Waals surface area (Å²) in [5, 5.41) is 0. The minimum atomic E-state index is -4.30. The van der Waals surface area contributed by atoms with Gasteiger partial charge in [0, 0.05) is 0 Å². The first-order chi connectivity index (χ1) is 10.5. The van der Waals surface area contributed by atoms with Crippen LogP contribution in [0.5, 0.6) is 5.75 Å². The van der Waals surface area contributed by atoms with Crippen molar-refractivity contribution < 1.29 is 33.0 Å². The Kier molecular flexibility index (Phi) is 6.50. The second-order valence-electron chi connectivity index (χ2n) is 5.90. The Labute approximate surface area is 135 Å². The zero-order valence-corrected chi connectivity index (χ0v) is 14.4. The molecule has 0 fully saturated rings. The summed E-state index contributed by atoms with van der Waals surface area (Å²) in [6, 6.07) is 6.23. The highest BCUT2D eigenvalue weighted by Crippen LogP contribution is 2.37. The minimum Gasteiger partial charge on any atom is -0.778 e. The molecule has 7 nitrogen and oxygen atoms in total. The number of ether oxygens (including phenoxy) is 2. The molecule has 0 spiro atoms. The first-order valence-electron chi connectivity index (χ1n) is 6.86. The molecule has 1 unspecified atom stereocenters. The molecule has 0 aliphatic rings. The maximum Gasteiger partial charge on any atom is 0.316 e. The second kappa shape index (κ2) is 7.73. The predicted octanol–water partition coefficient (Wildman–Crippen LogP) is 1.88. The van der Waals surface area contributed by atoms with Crippen molar-refractivity contribution in [3.8, 4) is 5.75 Å². The van der Waals surface area contributed by atoms with Gasteiger partial charge in [-0.3, -0.25) is 9.59 Å². The van der Waals surface area contributed by atoms with Crippen LogP contribution in [0.2, 0.25) is 0 Å². The van der Waals surface area contributed by atoms with Crippen LogP contribution in [0.3, 0.4) is 0 Å². The van der Waals surface area contributed by atoms with Gasteiger partial charge in [-0.15, -0.1) is 0 Å². The Bertz CT molecular complexity index is 601. The van der Waals surface area contributed by atoms with Crippen molar-refractivity contribution in [1.82, 2.24) is 0 Å². The number of esters is 2. The van der Waals surface area contributed by atoms with E-state index >= 15 is 0 Å². The number of methoxy groups -OCH3 is 1. The molecular formula is C15H20O7P-. The molecule has 1 aromatic rings. The summed E-state index contributed by atoms with van der Waals surface area (Å²) >= 11 is 0. The lowest BCUT2D eigenvalue weighted by Gasteiger charge is -2.22.